The Morgan fingerprint density at radius 1 is 0.897 bits per heavy atom. The van der Waals surface area contributed by atoms with Crippen LogP contribution in [0.4, 0.5) is 10.3 Å². The maximum absolute atomic E-state index is 12.5. The van der Waals surface area contributed by atoms with E-state index in [0.717, 1.165) is 65.2 Å². The van der Waals surface area contributed by atoms with E-state index in [9.17, 15) is 4.79 Å². The summed E-state index contributed by atoms with van der Waals surface area (Å²) < 4.78 is 10.5. The Balaban J connectivity index is 1.12. The van der Waals surface area contributed by atoms with E-state index in [0.29, 0.717) is 22.5 Å². The molecule has 0 saturated heterocycles. The fraction of sp³-hybridized carbons (Fsp3) is 0.423. The molecule has 204 valence electrons. The van der Waals surface area contributed by atoms with E-state index in [1.807, 2.05) is 12.1 Å². The summed E-state index contributed by atoms with van der Waals surface area (Å²) in [4.78, 5) is 21.1. The molecule has 0 unspecified atom stereocenters. The van der Waals surface area contributed by atoms with Gasteiger partial charge in [0.15, 0.2) is 0 Å². The molecule has 4 heterocycles. The van der Waals surface area contributed by atoms with Gasteiger partial charge in [-0.1, -0.05) is 29.1 Å². The molecule has 0 aromatic carbocycles. The quantitative estimate of drug-likeness (QED) is 0.267. The third-order valence-corrected chi connectivity index (χ3v) is 8.59. The summed E-state index contributed by atoms with van der Waals surface area (Å²) in [7, 11) is 3.24. The van der Waals surface area contributed by atoms with E-state index in [2.05, 4.69) is 41.0 Å². The van der Waals surface area contributed by atoms with E-state index in [4.69, 9.17) is 9.47 Å². The lowest BCUT2D eigenvalue weighted by atomic mass is 9.82. The topological polar surface area (TPSA) is 137 Å². The van der Waals surface area contributed by atoms with Gasteiger partial charge in [-0.2, -0.15) is 0 Å². The van der Waals surface area contributed by atoms with Crippen LogP contribution in [0.5, 0.6) is 11.5 Å². The number of ether oxygens (including phenoxy) is 2. The number of anilines is 2. The van der Waals surface area contributed by atoms with Crippen LogP contribution in [0.3, 0.4) is 0 Å². The van der Waals surface area contributed by atoms with Crippen LogP contribution < -0.4 is 20.1 Å². The Hall–Kier alpha value is -3.71. The highest BCUT2D eigenvalue weighted by atomic mass is 32.1. The monoisotopic (exact) mass is 566 g/mol. The fourth-order valence-electron chi connectivity index (χ4n) is 4.58. The number of nitrogens with one attached hydrogen (secondary N) is 2. The van der Waals surface area contributed by atoms with Crippen molar-refractivity contribution in [1.29, 1.82) is 0 Å². The predicted molar refractivity (Wildman–Crippen MR) is 150 cm³/mol. The molecule has 2 N–H and O–H groups in total. The van der Waals surface area contributed by atoms with Gasteiger partial charge < -0.3 is 20.1 Å². The first kappa shape index (κ1) is 26.9. The van der Waals surface area contributed by atoms with Crippen molar-refractivity contribution in [2.24, 2.45) is 0 Å². The molecule has 1 fully saturated rings. The minimum Gasteiger partial charge on any atom is -0.497 e. The van der Waals surface area contributed by atoms with Gasteiger partial charge in [0.05, 0.1) is 26.3 Å². The summed E-state index contributed by atoms with van der Waals surface area (Å²) in [5, 5.41) is 27.0. The number of carbonyl (C=O) groups is 1. The van der Waals surface area contributed by atoms with Crippen LogP contribution in [0.2, 0.25) is 0 Å². The maximum Gasteiger partial charge on any atom is 0.232 e. The zero-order valence-corrected chi connectivity index (χ0v) is 23.4. The summed E-state index contributed by atoms with van der Waals surface area (Å²) in [6, 6.07) is 7.28. The molecule has 0 bridgehead atoms. The molecule has 1 aliphatic carbocycles. The van der Waals surface area contributed by atoms with Gasteiger partial charge in [0.2, 0.25) is 16.2 Å². The average Bonchev–Trinajstić information content (AvgIpc) is 3.63. The Bertz CT molecular complexity index is 1390. The predicted octanol–water partition coefficient (Wildman–Crippen LogP) is 4.47. The molecule has 0 radical (unpaired) electrons. The minimum atomic E-state index is -0.184. The van der Waals surface area contributed by atoms with Crippen LogP contribution in [0.1, 0.15) is 58.9 Å². The molecule has 1 aliphatic rings. The van der Waals surface area contributed by atoms with Crippen molar-refractivity contribution in [3.63, 3.8) is 0 Å². The van der Waals surface area contributed by atoms with Gasteiger partial charge in [0.1, 0.15) is 21.5 Å². The van der Waals surface area contributed by atoms with Gasteiger partial charge in [-0.05, 0) is 31.4 Å². The normalized spacial score (nSPS) is 17.0. The third kappa shape index (κ3) is 7.24. The van der Waals surface area contributed by atoms with Gasteiger partial charge in [-0.15, -0.1) is 20.4 Å². The highest BCUT2D eigenvalue weighted by Crippen LogP contribution is 2.43. The van der Waals surface area contributed by atoms with Crippen LogP contribution in [0, 0.1) is 0 Å². The van der Waals surface area contributed by atoms with Crippen LogP contribution in [0.25, 0.3) is 0 Å². The second kappa shape index (κ2) is 12.9. The lowest BCUT2D eigenvalue weighted by Gasteiger charge is -2.25. The van der Waals surface area contributed by atoms with E-state index in [-0.39, 0.29) is 18.2 Å². The molecule has 1 saturated carbocycles. The number of carbonyl (C=O) groups excluding carboxylic acids is 1. The number of nitrogens with zero attached hydrogens (tertiary/aromatic N) is 6. The van der Waals surface area contributed by atoms with E-state index in [1.165, 1.54) is 11.3 Å². The van der Waals surface area contributed by atoms with Crippen molar-refractivity contribution in [1.82, 2.24) is 30.4 Å². The molecule has 4 aromatic heterocycles. The minimum absolute atomic E-state index is 0.140. The van der Waals surface area contributed by atoms with E-state index >= 15 is 0 Å². The molecule has 1 amide bonds. The second-order valence-corrected chi connectivity index (χ2v) is 11.2. The van der Waals surface area contributed by atoms with Gasteiger partial charge in [0, 0.05) is 55.0 Å². The van der Waals surface area contributed by atoms with Gasteiger partial charge in [-0.3, -0.25) is 14.8 Å². The molecule has 11 nitrogen and oxygen atoms in total. The molecule has 13 heteroatoms. The number of methoxy groups -OCH3 is 2. The maximum atomic E-state index is 12.5. The second-order valence-electron chi connectivity index (χ2n) is 9.23. The number of hydrogen-bond donors (Lipinski definition) is 2. The van der Waals surface area contributed by atoms with Crippen molar-refractivity contribution in [3.05, 3.63) is 58.1 Å². The highest BCUT2D eigenvalue weighted by Gasteiger charge is 2.29. The largest absolute Gasteiger partial charge is 0.497 e. The van der Waals surface area contributed by atoms with Crippen LogP contribution in [-0.2, 0) is 17.6 Å². The van der Waals surface area contributed by atoms with Gasteiger partial charge >= 0.3 is 0 Å². The SMILES string of the molecule is COc1ccnc(CCNc2nnc([C@H]3CCC[C@H](c4nnc(NC(=O)Cc5cc(OC)ccn5)s4)C3)s2)c1. The third-order valence-electron chi connectivity index (χ3n) is 6.55. The molecular formula is C26H30N8O3S2. The Labute approximate surface area is 234 Å². The summed E-state index contributed by atoms with van der Waals surface area (Å²) in [5.41, 5.74) is 1.60. The lowest BCUT2D eigenvalue weighted by Crippen LogP contribution is -2.15. The fourth-order valence-corrected chi connectivity index (χ4v) is 6.41. The summed E-state index contributed by atoms with van der Waals surface area (Å²) in [5.74, 6) is 1.91. The number of aromatic nitrogens is 6. The number of amides is 1. The molecule has 0 aliphatic heterocycles. The average molecular weight is 567 g/mol. The Morgan fingerprint density at radius 2 is 1.51 bits per heavy atom. The first-order valence-electron chi connectivity index (χ1n) is 12.8. The molecule has 5 rings (SSSR count). The smallest absolute Gasteiger partial charge is 0.232 e. The Kier molecular flexibility index (Phi) is 8.89. The van der Waals surface area contributed by atoms with Gasteiger partial charge in [-0.25, -0.2) is 0 Å². The Morgan fingerprint density at radius 3 is 2.21 bits per heavy atom. The first-order chi connectivity index (χ1) is 19.1. The number of hydrogen-bond acceptors (Lipinski definition) is 12. The molecule has 0 spiro atoms. The number of pyridine rings is 2. The molecule has 2 atom stereocenters. The zero-order chi connectivity index (χ0) is 27.0. The van der Waals surface area contributed by atoms with Crippen molar-refractivity contribution in [2.45, 2.75) is 50.4 Å². The summed E-state index contributed by atoms with van der Waals surface area (Å²) in [6.07, 6.45) is 8.44. The molecule has 39 heavy (non-hydrogen) atoms. The van der Waals surface area contributed by atoms with Crippen LogP contribution in [0.15, 0.2) is 36.7 Å². The van der Waals surface area contributed by atoms with Crippen LogP contribution in [-0.4, -0.2) is 57.0 Å². The first-order valence-corrected chi connectivity index (χ1v) is 14.4. The van der Waals surface area contributed by atoms with Crippen molar-refractivity contribution in [2.75, 3.05) is 31.4 Å². The standard InChI is InChI=1S/C26H30N8O3S2/c1-36-20-7-10-27-18(13-20)6-9-29-25-33-31-23(38-25)16-4-3-5-17(12-16)24-32-34-26(39-24)30-22(35)15-19-14-21(37-2)8-11-28-19/h7-8,10-11,13-14,16-17H,3-6,9,12,15H2,1-2H3,(H,29,33)(H,30,34,35)/t16-,17-/m0/s1. The summed E-state index contributed by atoms with van der Waals surface area (Å²) >= 11 is 3.05. The highest BCUT2D eigenvalue weighted by molar-refractivity contribution is 7.15. The van der Waals surface area contributed by atoms with Gasteiger partial charge in [0.25, 0.3) is 0 Å². The van der Waals surface area contributed by atoms with E-state index in [1.54, 1.807) is 50.1 Å². The van der Waals surface area contributed by atoms with Crippen LogP contribution >= 0.6 is 22.7 Å². The summed E-state index contributed by atoms with van der Waals surface area (Å²) in [6.45, 7) is 0.718. The van der Waals surface area contributed by atoms with Crippen molar-refractivity contribution in [3.8, 4) is 11.5 Å². The molecule has 4 aromatic rings. The molecular weight excluding hydrogens is 536 g/mol. The van der Waals surface area contributed by atoms with Crippen molar-refractivity contribution < 1.29 is 14.3 Å². The van der Waals surface area contributed by atoms with Crippen molar-refractivity contribution >= 4 is 38.8 Å². The lowest BCUT2D eigenvalue weighted by molar-refractivity contribution is -0.115. The van der Waals surface area contributed by atoms with E-state index < -0.39 is 0 Å². The zero-order valence-electron chi connectivity index (χ0n) is 21.8. The number of rotatable bonds is 11.